The van der Waals surface area contributed by atoms with Gasteiger partial charge in [0, 0.05) is 25.3 Å². The van der Waals surface area contributed by atoms with Gasteiger partial charge in [-0.1, -0.05) is 18.2 Å². The second kappa shape index (κ2) is 7.28. The normalized spacial score (nSPS) is 18.5. The largest absolute Gasteiger partial charge is 0.497 e. The van der Waals surface area contributed by atoms with Crippen LogP contribution in [-0.4, -0.2) is 37.0 Å². The Balaban J connectivity index is 1.71. The van der Waals surface area contributed by atoms with Gasteiger partial charge in [0.2, 0.25) is 5.91 Å². The second-order valence-electron chi connectivity index (χ2n) is 6.75. The first-order valence-corrected chi connectivity index (χ1v) is 8.75. The summed E-state index contributed by atoms with van der Waals surface area (Å²) in [5.41, 5.74) is 4.67. The first-order valence-electron chi connectivity index (χ1n) is 8.75. The van der Waals surface area contributed by atoms with E-state index in [2.05, 4.69) is 43.0 Å². The van der Waals surface area contributed by atoms with Crippen molar-refractivity contribution in [2.45, 2.75) is 33.4 Å². The van der Waals surface area contributed by atoms with Gasteiger partial charge in [-0.2, -0.15) is 0 Å². The van der Waals surface area contributed by atoms with Crippen molar-refractivity contribution in [2.75, 3.05) is 25.1 Å². The van der Waals surface area contributed by atoms with Crippen LogP contribution in [0, 0.1) is 13.8 Å². The first kappa shape index (κ1) is 17.5. The molecule has 25 heavy (non-hydrogen) atoms. The van der Waals surface area contributed by atoms with Crippen LogP contribution in [0.25, 0.3) is 0 Å². The molecular weight excluding hydrogens is 312 g/mol. The minimum Gasteiger partial charge on any atom is -0.497 e. The minimum absolute atomic E-state index is 0.127. The van der Waals surface area contributed by atoms with Crippen LogP contribution in [0.2, 0.25) is 0 Å². The monoisotopic (exact) mass is 338 g/mol. The molecule has 0 N–H and O–H groups in total. The summed E-state index contributed by atoms with van der Waals surface area (Å²) in [7, 11) is 1.67. The van der Waals surface area contributed by atoms with Crippen LogP contribution in [0.4, 0.5) is 5.69 Å². The molecule has 0 bridgehead atoms. The van der Waals surface area contributed by atoms with E-state index in [1.54, 1.807) is 7.11 Å². The molecule has 132 valence electrons. The highest BCUT2D eigenvalue weighted by Crippen LogP contribution is 2.24. The van der Waals surface area contributed by atoms with Crippen LogP contribution < -0.4 is 9.64 Å². The van der Waals surface area contributed by atoms with Gasteiger partial charge in [-0.25, -0.2) is 0 Å². The maximum atomic E-state index is 12.9. The Morgan fingerprint density at radius 3 is 2.40 bits per heavy atom. The van der Waals surface area contributed by atoms with Crippen molar-refractivity contribution in [2.24, 2.45) is 0 Å². The van der Waals surface area contributed by atoms with Crippen LogP contribution in [0.1, 0.15) is 23.6 Å². The zero-order valence-electron chi connectivity index (χ0n) is 15.5. The van der Waals surface area contributed by atoms with E-state index in [0.29, 0.717) is 0 Å². The molecule has 1 atom stereocenters. The molecule has 3 rings (SSSR count). The second-order valence-corrected chi connectivity index (χ2v) is 6.75. The van der Waals surface area contributed by atoms with Gasteiger partial charge in [-0.05, 0) is 61.7 Å². The summed E-state index contributed by atoms with van der Waals surface area (Å²) in [4.78, 5) is 17.0. The third kappa shape index (κ3) is 3.69. The number of nitrogens with zero attached hydrogens (tertiary/aromatic N) is 2. The maximum absolute atomic E-state index is 12.9. The molecule has 1 heterocycles. The number of hydrogen-bond donors (Lipinski definition) is 0. The molecule has 0 radical (unpaired) electrons. The lowest BCUT2D eigenvalue weighted by atomic mass is 10.1. The van der Waals surface area contributed by atoms with Crippen molar-refractivity contribution < 1.29 is 9.53 Å². The smallest absolute Gasteiger partial charge is 0.244 e. The van der Waals surface area contributed by atoms with Gasteiger partial charge >= 0.3 is 0 Å². The number of anilines is 1. The number of amides is 1. The number of carbonyl (C=O) groups is 1. The molecule has 1 aliphatic rings. The van der Waals surface area contributed by atoms with Gasteiger partial charge in [-0.15, -0.1) is 0 Å². The lowest BCUT2D eigenvalue weighted by molar-refractivity contribution is -0.125. The molecule has 2 aromatic carbocycles. The van der Waals surface area contributed by atoms with E-state index < -0.39 is 0 Å². The Morgan fingerprint density at radius 2 is 1.76 bits per heavy atom. The van der Waals surface area contributed by atoms with Crippen LogP contribution in [-0.2, 0) is 11.3 Å². The van der Waals surface area contributed by atoms with Crippen molar-refractivity contribution in [3.8, 4) is 5.75 Å². The molecule has 1 fully saturated rings. The fourth-order valence-electron chi connectivity index (χ4n) is 3.25. The van der Waals surface area contributed by atoms with Crippen molar-refractivity contribution in [1.82, 2.24) is 4.90 Å². The fourth-order valence-corrected chi connectivity index (χ4v) is 3.25. The van der Waals surface area contributed by atoms with E-state index in [1.807, 2.05) is 30.0 Å². The molecule has 1 amide bonds. The molecule has 0 unspecified atom stereocenters. The summed E-state index contributed by atoms with van der Waals surface area (Å²) >= 11 is 0. The van der Waals surface area contributed by atoms with Gasteiger partial charge in [-0.3, -0.25) is 9.69 Å². The quantitative estimate of drug-likeness (QED) is 0.855. The van der Waals surface area contributed by atoms with E-state index in [-0.39, 0.29) is 11.9 Å². The zero-order chi connectivity index (χ0) is 18.0. The SMILES string of the molecule is COc1ccc(CN2CCN(c3ccc(C)c(C)c3)C(=O)[C@H]2C)cc1. The maximum Gasteiger partial charge on any atom is 0.244 e. The van der Waals surface area contributed by atoms with Crippen LogP contribution in [0.5, 0.6) is 5.75 Å². The Bertz CT molecular complexity index is 755. The van der Waals surface area contributed by atoms with Crippen molar-refractivity contribution in [3.63, 3.8) is 0 Å². The molecule has 2 aromatic rings. The first-order chi connectivity index (χ1) is 12.0. The summed E-state index contributed by atoms with van der Waals surface area (Å²) in [5.74, 6) is 1.02. The average molecular weight is 338 g/mol. The van der Waals surface area contributed by atoms with E-state index in [0.717, 1.165) is 31.1 Å². The Hall–Kier alpha value is -2.33. The molecule has 0 aliphatic carbocycles. The summed E-state index contributed by atoms with van der Waals surface area (Å²) in [6.07, 6.45) is 0. The summed E-state index contributed by atoms with van der Waals surface area (Å²) < 4.78 is 5.20. The summed E-state index contributed by atoms with van der Waals surface area (Å²) in [6, 6.07) is 14.2. The molecule has 0 saturated carbocycles. The van der Waals surface area contributed by atoms with Crippen LogP contribution in [0.3, 0.4) is 0 Å². The highest BCUT2D eigenvalue weighted by atomic mass is 16.5. The van der Waals surface area contributed by atoms with Crippen LogP contribution in [0.15, 0.2) is 42.5 Å². The summed E-state index contributed by atoms with van der Waals surface area (Å²) in [5, 5.41) is 0. The number of methoxy groups -OCH3 is 1. The minimum atomic E-state index is -0.127. The zero-order valence-corrected chi connectivity index (χ0v) is 15.5. The average Bonchev–Trinajstić information content (AvgIpc) is 2.62. The molecular formula is C21H26N2O2. The van der Waals surface area contributed by atoms with Crippen molar-refractivity contribution >= 4 is 11.6 Å². The molecule has 0 spiro atoms. The number of aryl methyl sites for hydroxylation is 2. The number of rotatable bonds is 4. The van der Waals surface area contributed by atoms with E-state index in [4.69, 9.17) is 4.74 Å². The van der Waals surface area contributed by atoms with Gasteiger partial charge in [0.25, 0.3) is 0 Å². The Labute approximate surface area is 150 Å². The van der Waals surface area contributed by atoms with Crippen LogP contribution >= 0.6 is 0 Å². The van der Waals surface area contributed by atoms with Gasteiger partial charge in [0.15, 0.2) is 0 Å². The fraction of sp³-hybridized carbons (Fsp3) is 0.381. The molecule has 4 heteroatoms. The molecule has 0 aromatic heterocycles. The van der Waals surface area contributed by atoms with E-state index in [9.17, 15) is 4.79 Å². The standard InChI is InChI=1S/C21H26N2O2/c1-15-5-8-19(13-16(15)2)23-12-11-22(17(3)21(23)24)14-18-6-9-20(25-4)10-7-18/h5-10,13,17H,11-12,14H2,1-4H3/t17-/m1/s1. The van der Waals surface area contributed by atoms with Gasteiger partial charge in [0.05, 0.1) is 13.2 Å². The highest BCUT2D eigenvalue weighted by Gasteiger charge is 2.32. The summed E-state index contributed by atoms with van der Waals surface area (Å²) in [6.45, 7) is 8.55. The predicted octanol–water partition coefficient (Wildman–Crippen LogP) is 3.55. The molecule has 4 nitrogen and oxygen atoms in total. The van der Waals surface area contributed by atoms with Gasteiger partial charge in [0.1, 0.15) is 5.75 Å². The number of benzene rings is 2. The predicted molar refractivity (Wildman–Crippen MR) is 101 cm³/mol. The number of ether oxygens (including phenoxy) is 1. The van der Waals surface area contributed by atoms with E-state index >= 15 is 0 Å². The molecule has 1 aliphatic heterocycles. The topological polar surface area (TPSA) is 32.8 Å². The lowest BCUT2D eigenvalue weighted by Gasteiger charge is -2.39. The number of piperazine rings is 1. The third-order valence-corrected chi connectivity index (χ3v) is 5.13. The number of hydrogen-bond acceptors (Lipinski definition) is 3. The van der Waals surface area contributed by atoms with E-state index in [1.165, 1.54) is 16.7 Å². The molecule has 1 saturated heterocycles. The van der Waals surface area contributed by atoms with Gasteiger partial charge < -0.3 is 9.64 Å². The highest BCUT2D eigenvalue weighted by molar-refractivity contribution is 5.97. The Morgan fingerprint density at radius 1 is 1.04 bits per heavy atom. The van der Waals surface area contributed by atoms with Crippen molar-refractivity contribution in [1.29, 1.82) is 0 Å². The lowest BCUT2D eigenvalue weighted by Crippen LogP contribution is -2.55. The number of carbonyl (C=O) groups excluding carboxylic acids is 1. The Kier molecular flexibility index (Phi) is 5.09. The van der Waals surface area contributed by atoms with Crippen molar-refractivity contribution in [3.05, 3.63) is 59.2 Å². The third-order valence-electron chi connectivity index (χ3n) is 5.13.